The van der Waals surface area contributed by atoms with Crippen molar-refractivity contribution in [2.24, 2.45) is 5.73 Å². The van der Waals surface area contributed by atoms with Gasteiger partial charge in [0.15, 0.2) is 0 Å². The molecule has 5 nitrogen and oxygen atoms in total. The summed E-state index contributed by atoms with van der Waals surface area (Å²) >= 11 is 0. The third kappa shape index (κ3) is 9.41. The van der Waals surface area contributed by atoms with Crippen LogP contribution >= 0.6 is 0 Å². The highest BCUT2D eigenvalue weighted by Gasteiger charge is 2.15. The van der Waals surface area contributed by atoms with E-state index in [2.05, 4.69) is 12.2 Å². The van der Waals surface area contributed by atoms with E-state index in [1.165, 1.54) is 6.42 Å². The normalized spacial score (nSPS) is 12.5. The number of unbranched alkanes of at least 4 members (excludes halogenated alkanes) is 3. The SMILES string of the molecule is CCCCCC=CNC(CCC(N)=O)C(=O)O. The van der Waals surface area contributed by atoms with Gasteiger partial charge in [-0.25, -0.2) is 4.79 Å². The molecule has 0 heterocycles. The number of carboxylic acids is 1. The Balaban J connectivity index is 3.84. The Bertz CT molecular complexity index is 264. The second kappa shape index (κ2) is 9.69. The molecule has 1 atom stereocenters. The number of primary amides is 1. The summed E-state index contributed by atoms with van der Waals surface area (Å²) in [6.07, 6.45) is 8.23. The first-order chi connectivity index (χ1) is 8.07. The highest BCUT2D eigenvalue weighted by Crippen LogP contribution is 2.00. The van der Waals surface area contributed by atoms with Crippen molar-refractivity contribution in [3.63, 3.8) is 0 Å². The molecular formula is C12H22N2O3. The summed E-state index contributed by atoms with van der Waals surface area (Å²) in [6, 6.07) is -0.745. The fraction of sp³-hybridized carbons (Fsp3) is 0.667. The van der Waals surface area contributed by atoms with Crippen molar-refractivity contribution in [1.82, 2.24) is 5.32 Å². The van der Waals surface area contributed by atoms with Gasteiger partial charge in [-0.3, -0.25) is 4.79 Å². The molecule has 0 bridgehead atoms. The first kappa shape index (κ1) is 15.5. The third-order valence-corrected chi connectivity index (χ3v) is 2.37. The summed E-state index contributed by atoms with van der Waals surface area (Å²) in [6.45, 7) is 2.13. The van der Waals surface area contributed by atoms with Gasteiger partial charge in [-0.1, -0.05) is 25.8 Å². The van der Waals surface area contributed by atoms with Crippen LogP contribution in [-0.2, 0) is 9.59 Å². The van der Waals surface area contributed by atoms with Crippen LogP contribution in [0.1, 0.15) is 45.4 Å². The molecule has 0 saturated heterocycles. The maximum absolute atomic E-state index is 10.8. The summed E-state index contributed by atoms with van der Waals surface area (Å²) in [4.78, 5) is 21.4. The van der Waals surface area contributed by atoms with Gasteiger partial charge in [-0.05, 0) is 25.5 Å². The number of nitrogens with one attached hydrogen (secondary N) is 1. The number of nitrogens with two attached hydrogens (primary N) is 1. The van der Waals surface area contributed by atoms with Crippen molar-refractivity contribution >= 4 is 11.9 Å². The van der Waals surface area contributed by atoms with Crippen LogP contribution in [0.25, 0.3) is 0 Å². The standard InChI is InChI=1S/C12H22N2O3/c1-2-3-4-5-6-9-14-10(12(16)17)7-8-11(13)15/h6,9-10,14H,2-5,7-8H2,1H3,(H2,13,15)(H,16,17). The zero-order chi connectivity index (χ0) is 13.1. The van der Waals surface area contributed by atoms with E-state index in [0.29, 0.717) is 0 Å². The van der Waals surface area contributed by atoms with E-state index >= 15 is 0 Å². The largest absolute Gasteiger partial charge is 0.480 e. The first-order valence-electron chi connectivity index (χ1n) is 6.00. The second-order valence-corrected chi connectivity index (χ2v) is 3.96. The maximum atomic E-state index is 10.8. The maximum Gasteiger partial charge on any atom is 0.326 e. The number of allylic oxidation sites excluding steroid dienone is 1. The van der Waals surface area contributed by atoms with E-state index in [1.54, 1.807) is 6.20 Å². The van der Waals surface area contributed by atoms with Crippen molar-refractivity contribution in [2.45, 2.75) is 51.5 Å². The van der Waals surface area contributed by atoms with Crippen molar-refractivity contribution in [3.05, 3.63) is 12.3 Å². The Hall–Kier alpha value is -1.52. The average molecular weight is 242 g/mol. The molecule has 0 aliphatic carbocycles. The van der Waals surface area contributed by atoms with Gasteiger partial charge in [0.2, 0.25) is 5.91 Å². The lowest BCUT2D eigenvalue weighted by atomic mass is 10.1. The smallest absolute Gasteiger partial charge is 0.326 e. The van der Waals surface area contributed by atoms with E-state index in [-0.39, 0.29) is 12.8 Å². The van der Waals surface area contributed by atoms with Gasteiger partial charge in [0.1, 0.15) is 6.04 Å². The summed E-state index contributed by atoms with van der Waals surface area (Å²) in [7, 11) is 0. The molecule has 1 amide bonds. The fourth-order valence-electron chi connectivity index (χ4n) is 1.34. The predicted octanol–water partition coefficient (Wildman–Crippen LogP) is 1.39. The molecule has 98 valence electrons. The summed E-state index contributed by atoms with van der Waals surface area (Å²) in [5.41, 5.74) is 4.97. The Labute approximate surface area is 102 Å². The first-order valence-corrected chi connectivity index (χ1v) is 6.00. The van der Waals surface area contributed by atoms with Crippen LogP contribution in [0, 0.1) is 0 Å². The van der Waals surface area contributed by atoms with Crippen molar-refractivity contribution in [2.75, 3.05) is 0 Å². The van der Waals surface area contributed by atoms with E-state index in [9.17, 15) is 9.59 Å². The number of carbonyl (C=O) groups excluding carboxylic acids is 1. The molecule has 0 rings (SSSR count). The zero-order valence-corrected chi connectivity index (χ0v) is 10.3. The molecule has 0 aromatic carbocycles. The van der Waals surface area contributed by atoms with Gasteiger partial charge in [-0.2, -0.15) is 0 Å². The zero-order valence-electron chi connectivity index (χ0n) is 10.3. The molecule has 1 unspecified atom stereocenters. The molecular weight excluding hydrogens is 220 g/mol. The molecule has 17 heavy (non-hydrogen) atoms. The molecule has 5 heteroatoms. The molecule has 0 spiro atoms. The number of aliphatic carboxylic acids is 1. The molecule has 0 aromatic heterocycles. The van der Waals surface area contributed by atoms with E-state index in [0.717, 1.165) is 19.3 Å². The van der Waals surface area contributed by atoms with Crippen LogP contribution in [0.15, 0.2) is 12.3 Å². The van der Waals surface area contributed by atoms with E-state index < -0.39 is 17.9 Å². The molecule has 0 fully saturated rings. The number of carboxylic acid groups (broad SMARTS) is 1. The minimum Gasteiger partial charge on any atom is -0.480 e. The predicted molar refractivity (Wildman–Crippen MR) is 66.3 cm³/mol. The van der Waals surface area contributed by atoms with Crippen LogP contribution in [-0.4, -0.2) is 23.0 Å². The van der Waals surface area contributed by atoms with Crippen LogP contribution < -0.4 is 11.1 Å². The van der Waals surface area contributed by atoms with Crippen molar-refractivity contribution in [3.8, 4) is 0 Å². The fourth-order valence-corrected chi connectivity index (χ4v) is 1.34. The summed E-state index contributed by atoms with van der Waals surface area (Å²) < 4.78 is 0. The molecule has 0 saturated carbocycles. The van der Waals surface area contributed by atoms with Crippen molar-refractivity contribution < 1.29 is 14.7 Å². The highest BCUT2D eigenvalue weighted by atomic mass is 16.4. The quantitative estimate of drug-likeness (QED) is 0.505. The third-order valence-electron chi connectivity index (χ3n) is 2.37. The summed E-state index contributed by atoms with van der Waals surface area (Å²) in [5, 5.41) is 11.6. The Morgan fingerprint density at radius 3 is 2.65 bits per heavy atom. The molecule has 0 aliphatic heterocycles. The van der Waals surface area contributed by atoms with Crippen LogP contribution in [0.2, 0.25) is 0 Å². The Morgan fingerprint density at radius 2 is 2.12 bits per heavy atom. The van der Waals surface area contributed by atoms with Crippen LogP contribution in [0.5, 0.6) is 0 Å². The lowest BCUT2D eigenvalue weighted by Gasteiger charge is -2.11. The van der Waals surface area contributed by atoms with Gasteiger partial charge in [0, 0.05) is 6.42 Å². The molecule has 4 N–H and O–H groups in total. The second-order valence-electron chi connectivity index (χ2n) is 3.96. The molecule has 0 aliphatic rings. The lowest BCUT2D eigenvalue weighted by molar-refractivity contribution is -0.139. The number of rotatable bonds is 10. The molecule has 0 radical (unpaired) electrons. The van der Waals surface area contributed by atoms with Gasteiger partial charge in [0.05, 0.1) is 0 Å². The number of hydrogen-bond acceptors (Lipinski definition) is 3. The number of hydrogen-bond donors (Lipinski definition) is 3. The number of carbonyl (C=O) groups is 2. The van der Waals surface area contributed by atoms with E-state index in [4.69, 9.17) is 10.8 Å². The minimum absolute atomic E-state index is 0.0770. The molecule has 0 aromatic rings. The monoisotopic (exact) mass is 242 g/mol. The van der Waals surface area contributed by atoms with Gasteiger partial charge >= 0.3 is 5.97 Å². The van der Waals surface area contributed by atoms with Gasteiger partial charge in [0.25, 0.3) is 0 Å². The van der Waals surface area contributed by atoms with Crippen LogP contribution in [0.3, 0.4) is 0 Å². The topological polar surface area (TPSA) is 92.4 Å². The Morgan fingerprint density at radius 1 is 1.41 bits per heavy atom. The Kier molecular flexibility index (Phi) is 8.82. The van der Waals surface area contributed by atoms with Crippen molar-refractivity contribution in [1.29, 1.82) is 0 Å². The summed E-state index contributed by atoms with van der Waals surface area (Å²) in [5.74, 6) is -1.45. The van der Waals surface area contributed by atoms with Gasteiger partial charge in [-0.15, -0.1) is 0 Å². The number of amides is 1. The van der Waals surface area contributed by atoms with Gasteiger partial charge < -0.3 is 16.2 Å². The van der Waals surface area contributed by atoms with E-state index in [1.807, 2.05) is 6.08 Å². The minimum atomic E-state index is -0.968. The highest BCUT2D eigenvalue weighted by molar-refractivity contribution is 5.77. The average Bonchev–Trinajstić information content (AvgIpc) is 2.26. The van der Waals surface area contributed by atoms with Crippen LogP contribution in [0.4, 0.5) is 0 Å². The lowest BCUT2D eigenvalue weighted by Crippen LogP contribution is -2.34.